The number of rotatable bonds is 3. The molecule has 8 heteroatoms. The number of hydrogen-bond donors (Lipinski definition) is 0. The summed E-state index contributed by atoms with van der Waals surface area (Å²) < 4.78 is 15.3. The predicted molar refractivity (Wildman–Crippen MR) is 85.3 cm³/mol. The van der Waals surface area contributed by atoms with Crippen molar-refractivity contribution in [3.8, 4) is 0 Å². The second kappa shape index (κ2) is 6.65. The number of likely N-dealkylation sites (tertiary alicyclic amines) is 1. The Balaban J connectivity index is 2.03. The Hall–Kier alpha value is -2.12. The molecule has 0 aromatic carbocycles. The Morgan fingerprint density at radius 2 is 1.76 bits per heavy atom. The summed E-state index contributed by atoms with van der Waals surface area (Å²) >= 11 is 0. The fourth-order valence-electron chi connectivity index (χ4n) is 2.94. The monoisotopic (exact) mass is 355 g/mol. The molecule has 0 radical (unpaired) electrons. The Morgan fingerprint density at radius 3 is 2.28 bits per heavy atom. The van der Waals surface area contributed by atoms with E-state index in [0.29, 0.717) is 13.0 Å². The second-order valence-corrected chi connectivity index (χ2v) is 7.82. The third-order valence-corrected chi connectivity index (χ3v) is 3.93. The Morgan fingerprint density at radius 1 is 1.20 bits per heavy atom. The number of carbonyl (C=O) groups excluding carboxylic acids is 4. The Labute approximate surface area is 146 Å². The summed E-state index contributed by atoms with van der Waals surface area (Å²) in [6, 6.07) is -0.405. The highest BCUT2D eigenvalue weighted by Crippen LogP contribution is 2.28. The molecule has 0 aliphatic carbocycles. The number of carbonyl (C=O) groups is 4. The molecular formula is C17H25NO7. The lowest BCUT2D eigenvalue weighted by molar-refractivity contribution is -0.238. The van der Waals surface area contributed by atoms with Crippen LogP contribution in [0.4, 0.5) is 4.79 Å². The van der Waals surface area contributed by atoms with Crippen molar-refractivity contribution in [1.82, 2.24) is 4.90 Å². The first-order valence-electron chi connectivity index (χ1n) is 8.38. The molecule has 25 heavy (non-hydrogen) atoms. The molecule has 0 bridgehead atoms. The van der Waals surface area contributed by atoms with Crippen molar-refractivity contribution in [3.63, 3.8) is 0 Å². The van der Waals surface area contributed by atoms with Crippen molar-refractivity contribution in [2.24, 2.45) is 5.92 Å². The molecule has 1 amide bonds. The minimum atomic E-state index is -1.59. The maximum absolute atomic E-state index is 12.5. The van der Waals surface area contributed by atoms with Gasteiger partial charge in [0.2, 0.25) is 5.92 Å². The smallest absolute Gasteiger partial charge is 0.410 e. The maximum atomic E-state index is 12.5. The number of hydrogen-bond acceptors (Lipinski definition) is 7. The van der Waals surface area contributed by atoms with Crippen LogP contribution in [-0.2, 0) is 28.6 Å². The number of esters is 2. The standard InChI is InChI=1S/C17H25NO7/c1-16(2,3)25-15(22)18-8-6-7-10(18)9-11(19)12-13(20)23-17(4,5)24-14(12)21/h10,12H,6-9H2,1-5H3/t10-/m0/s1. The third kappa shape index (κ3) is 4.70. The number of ether oxygens (including phenoxy) is 3. The van der Waals surface area contributed by atoms with Gasteiger partial charge in [-0.15, -0.1) is 0 Å². The van der Waals surface area contributed by atoms with Crippen LogP contribution in [0.1, 0.15) is 53.9 Å². The van der Waals surface area contributed by atoms with Crippen molar-refractivity contribution in [3.05, 3.63) is 0 Å². The summed E-state index contributed by atoms with van der Waals surface area (Å²) in [7, 11) is 0. The van der Waals surface area contributed by atoms with Gasteiger partial charge in [0.15, 0.2) is 5.78 Å². The number of nitrogens with zero attached hydrogens (tertiary/aromatic N) is 1. The highest BCUT2D eigenvalue weighted by molar-refractivity contribution is 6.16. The van der Waals surface area contributed by atoms with Crippen LogP contribution >= 0.6 is 0 Å². The van der Waals surface area contributed by atoms with Crippen LogP contribution in [0.2, 0.25) is 0 Å². The number of cyclic esters (lactones) is 2. The van der Waals surface area contributed by atoms with Gasteiger partial charge in [-0.3, -0.25) is 14.4 Å². The highest BCUT2D eigenvalue weighted by atomic mass is 16.7. The zero-order chi connectivity index (χ0) is 19.0. The fourth-order valence-corrected chi connectivity index (χ4v) is 2.94. The lowest BCUT2D eigenvalue weighted by atomic mass is 9.96. The molecule has 2 aliphatic rings. The van der Waals surface area contributed by atoms with Crippen LogP contribution in [-0.4, -0.2) is 52.7 Å². The first kappa shape index (κ1) is 19.2. The summed E-state index contributed by atoms with van der Waals surface area (Å²) in [6.07, 6.45) is 0.712. The summed E-state index contributed by atoms with van der Waals surface area (Å²) in [5.74, 6) is -5.39. The van der Waals surface area contributed by atoms with Crippen molar-refractivity contribution in [2.45, 2.75) is 71.3 Å². The molecule has 1 atom stereocenters. The summed E-state index contributed by atoms with van der Waals surface area (Å²) in [5.41, 5.74) is -0.642. The average Bonchev–Trinajstić information content (AvgIpc) is 2.82. The lowest BCUT2D eigenvalue weighted by Crippen LogP contribution is -2.50. The zero-order valence-corrected chi connectivity index (χ0v) is 15.3. The van der Waals surface area contributed by atoms with Crippen molar-refractivity contribution in [2.75, 3.05) is 6.54 Å². The lowest BCUT2D eigenvalue weighted by Gasteiger charge is -2.33. The molecule has 2 heterocycles. The van der Waals surface area contributed by atoms with Gasteiger partial charge in [0.05, 0.1) is 0 Å². The van der Waals surface area contributed by atoms with Crippen LogP contribution in [0.5, 0.6) is 0 Å². The predicted octanol–water partition coefficient (Wildman–Crippen LogP) is 1.80. The maximum Gasteiger partial charge on any atom is 0.410 e. The van der Waals surface area contributed by atoms with E-state index >= 15 is 0 Å². The molecule has 0 aromatic heterocycles. The molecule has 0 N–H and O–H groups in total. The third-order valence-electron chi connectivity index (χ3n) is 3.93. The van der Waals surface area contributed by atoms with Gasteiger partial charge in [0, 0.05) is 32.9 Å². The molecular weight excluding hydrogens is 330 g/mol. The zero-order valence-electron chi connectivity index (χ0n) is 15.3. The molecule has 2 saturated heterocycles. The topological polar surface area (TPSA) is 99.2 Å². The van der Waals surface area contributed by atoms with Crippen LogP contribution in [0, 0.1) is 5.92 Å². The van der Waals surface area contributed by atoms with Crippen LogP contribution in [0.15, 0.2) is 0 Å². The summed E-state index contributed by atoms with van der Waals surface area (Å²) in [5, 5.41) is 0. The normalized spacial score (nSPS) is 23.9. The minimum Gasteiger partial charge on any atom is -0.444 e. The molecule has 2 fully saturated rings. The van der Waals surface area contributed by atoms with Gasteiger partial charge in [-0.25, -0.2) is 4.79 Å². The van der Waals surface area contributed by atoms with Crippen LogP contribution in [0.3, 0.4) is 0 Å². The highest BCUT2D eigenvalue weighted by Gasteiger charge is 2.48. The Bertz CT molecular complexity index is 570. The quantitative estimate of drug-likeness (QED) is 0.562. The molecule has 0 unspecified atom stereocenters. The van der Waals surface area contributed by atoms with Crippen LogP contribution in [0.25, 0.3) is 0 Å². The summed E-state index contributed by atoms with van der Waals surface area (Å²) in [6.45, 7) is 8.60. The van der Waals surface area contributed by atoms with Crippen molar-refractivity contribution >= 4 is 23.8 Å². The van der Waals surface area contributed by atoms with E-state index in [4.69, 9.17) is 14.2 Å². The number of ketones is 1. The summed E-state index contributed by atoms with van der Waals surface area (Å²) in [4.78, 5) is 50.2. The van der Waals surface area contributed by atoms with Crippen molar-refractivity contribution < 1.29 is 33.4 Å². The van der Waals surface area contributed by atoms with E-state index < -0.39 is 47.2 Å². The van der Waals surface area contributed by atoms with Crippen LogP contribution < -0.4 is 0 Å². The SMILES string of the molecule is CC(C)(C)OC(=O)N1CCC[C@H]1CC(=O)C1C(=O)OC(C)(C)OC1=O. The van der Waals surface area contributed by atoms with Gasteiger partial charge in [0.25, 0.3) is 5.79 Å². The van der Waals surface area contributed by atoms with E-state index in [1.807, 2.05) is 0 Å². The Kier molecular flexibility index (Phi) is 5.11. The number of Topliss-reactive ketones (excluding diaryl/α,β-unsaturated/α-hetero) is 1. The van der Waals surface area contributed by atoms with Crippen molar-refractivity contribution in [1.29, 1.82) is 0 Å². The average molecular weight is 355 g/mol. The van der Waals surface area contributed by atoms with E-state index in [-0.39, 0.29) is 6.42 Å². The molecule has 8 nitrogen and oxygen atoms in total. The first-order valence-corrected chi connectivity index (χ1v) is 8.38. The van der Waals surface area contributed by atoms with Gasteiger partial charge < -0.3 is 19.1 Å². The van der Waals surface area contributed by atoms with E-state index in [9.17, 15) is 19.2 Å². The van der Waals surface area contributed by atoms with E-state index in [2.05, 4.69) is 0 Å². The molecule has 2 aliphatic heterocycles. The molecule has 140 valence electrons. The first-order chi connectivity index (χ1) is 11.4. The molecule has 2 rings (SSSR count). The van der Waals surface area contributed by atoms with Gasteiger partial charge in [0.1, 0.15) is 5.60 Å². The van der Waals surface area contributed by atoms with Gasteiger partial charge in [-0.1, -0.05) is 0 Å². The second-order valence-electron chi connectivity index (χ2n) is 7.82. The minimum absolute atomic E-state index is 0.117. The molecule has 0 saturated carbocycles. The molecule has 0 aromatic rings. The van der Waals surface area contributed by atoms with Gasteiger partial charge in [-0.05, 0) is 33.6 Å². The fraction of sp³-hybridized carbons (Fsp3) is 0.765. The van der Waals surface area contributed by atoms with Gasteiger partial charge >= 0.3 is 18.0 Å². The number of amides is 1. The largest absolute Gasteiger partial charge is 0.444 e. The van der Waals surface area contributed by atoms with E-state index in [0.717, 1.165) is 6.42 Å². The van der Waals surface area contributed by atoms with E-state index in [1.165, 1.54) is 18.7 Å². The van der Waals surface area contributed by atoms with E-state index in [1.54, 1.807) is 20.8 Å². The molecule has 0 spiro atoms. The van der Waals surface area contributed by atoms with Gasteiger partial charge in [-0.2, -0.15) is 0 Å².